The molecule has 0 radical (unpaired) electrons. The highest BCUT2D eigenvalue weighted by molar-refractivity contribution is 7.91. The topological polar surface area (TPSA) is 86.7 Å². The monoisotopic (exact) mass is 443 g/mol. The maximum absolute atomic E-state index is 12.6. The Balaban J connectivity index is 1.86. The van der Waals surface area contributed by atoms with Crippen LogP contribution in [0.25, 0.3) is 0 Å². The van der Waals surface area contributed by atoms with Gasteiger partial charge in [0.25, 0.3) is 10.0 Å². The summed E-state index contributed by atoms with van der Waals surface area (Å²) in [7, 11) is -1.65. The highest BCUT2D eigenvalue weighted by Gasteiger charge is 2.23. The number of thiazole rings is 1. The van der Waals surface area contributed by atoms with Crippen LogP contribution >= 0.6 is 22.7 Å². The summed E-state index contributed by atoms with van der Waals surface area (Å²) in [6.45, 7) is 10.0. The molecule has 0 saturated carbocycles. The summed E-state index contributed by atoms with van der Waals surface area (Å²) in [5, 5.41) is 7.56. The molecule has 0 spiro atoms. The molecule has 2 aromatic rings. The van der Waals surface area contributed by atoms with Gasteiger partial charge in [-0.15, -0.1) is 22.7 Å². The van der Waals surface area contributed by atoms with Crippen LogP contribution in [0.5, 0.6) is 0 Å². The van der Waals surface area contributed by atoms with Crippen molar-refractivity contribution in [3.63, 3.8) is 0 Å². The molecule has 0 aliphatic rings. The second-order valence-corrected chi connectivity index (χ2v) is 10.8. The molecule has 0 fully saturated rings. The minimum Gasteiger partial charge on any atom is -0.356 e. The first-order chi connectivity index (χ1) is 13.3. The zero-order valence-corrected chi connectivity index (χ0v) is 19.5. The van der Waals surface area contributed by atoms with E-state index in [-0.39, 0.29) is 0 Å². The minimum atomic E-state index is -3.38. The van der Waals surface area contributed by atoms with Crippen molar-refractivity contribution < 1.29 is 8.42 Å². The summed E-state index contributed by atoms with van der Waals surface area (Å²) >= 11 is 3.02. The predicted octanol–water partition coefficient (Wildman–Crippen LogP) is 2.76. The van der Waals surface area contributed by atoms with Gasteiger partial charge in [-0.3, -0.25) is 4.99 Å². The van der Waals surface area contributed by atoms with Gasteiger partial charge in [-0.05, 0) is 32.4 Å². The average Bonchev–Trinajstić information content (AvgIpc) is 3.26. The van der Waals surface area contributed by atoms with Crippen LogP contribution in [-0.4, -0.2) is 50.3 Å². The largest absolute Gasteiger partial charge is 0.356 e. The van der Waals surface area contributed by atoms with Crippen molar-refractivity contribution >= 4 is 38.7 Å². The minimum absolute atomic E-state index is 0.406. The summed E-state index contributed by atoms with van der Waals surface area (Å²) in [5.41, 5.74) is 1.07. The number of sulfonamides is 1. The highest BCUT2D eigenvalue weighted by Crippen LogP contribution is 2.25. The molecule has 0 aliphatic heterocycles. The van der Waals surface area contributed by atoms with Gasteiger partial charge >= 0.3 is 0 Å². The third kappa shape index (κ3) is 5.76. The van der Waals surface area contributed by atoms with Gasteiger partial charge in [0.2, 0.25) is 0 Å². The smallest absolute Gasteiger partial charge is 0.252 e. The van der Waals surface area contributed by atoms with Crippen LogP contribution in [0.4, 0.5) is 0 Å². The van der Waals surface area contributed by atoms with Gasteiger partial charge in [0, 0.05) is 36.4 Å². The number of aliphatic imine (C=N–C) groups is 1. The van der Waals surface area contributed by atoms with Gasteiger partial charge < -0.3 is 10.6 Å². The molecule has 10 heteroatoms. The number of hydrogen-bond donors (Lipinski definition) is 2. The number of guanidine groups is 1. The zero-order chi connectivity index (χ0) is 20.7. The molecule has 0 atom stereocenters. The van der Waals surface area contributed by atoms with Crippen molar-refractivity contribution in [2.24, 2.45) is 4.99 Å². The van der Waals surface area contributed by atoms with E-state index in [9.17, 15) is 8.42 Å². The lowest BCUT2D eigenvalue weighted by Gasteiger charge is -2.16. The molecule has 0 amide bonds. The molecule has 2 N–H and O–H groups in total. The van der Waals surface area contributed by atoms with Gasteiger partial charge in [0.05, 0.1) is 12.2 Å². The Morgan fingerprint density at radius 1 is 1.18 bits per heavy atom. The van der Waals surface area contributed by atoms with Gasteiger partial charge in [-0.25, -0.2) is 13.4 Å². The van der Waals surface area contributed by atoms with Crippen molar-refractivity contribution in [1.82, 2.24) is 19.9 Å². The fraction of sp³-hybridized carbons (Fsp3) is 0.556. The van der Waals surface area contributed by atoms with Crippen molar-refractivity contribution in [2.45, 2.75) is 44.9 Å². The maximum Gasteiger partial charge on any atom is 0.252 e. The van der Waals surface area contributed by atoms with Crippen molar-refractivity contribution in [2.75, 3.05) is 26.7 Å². The number of nitrogens with zero attached hydrogens (tertiary/aromatic N) is 3. The second kappa shape index (κ2) is 10.3. The van der Waals surface area contributed by atoms with E-state index >= 15 is 0 Å². The van der Waals surface area contributed by atoms with Crippen LogP contribution in [0, 0.1) is 13.8 Å². The van der Waals surface area contributed by atoms with Crippen LogP contribution in [0.15, 0.2) is 21.3 Å². The van der Waals surface area contributed by atoms with Crippen LogP contribution in [0.3, 0.4) is 0 Å². The van der Waals surface area contributed by atoms with Gasteiger partial charge in [-0.2, -0.15) is 4.31 Å². The summed E-state index contributed by atoms with van der Waals surface area (Å²) in [4.78, 5) is 11.0. The molecular formula is C18H29N5O2S3. The maximum atomic E-state index is 12.6. The Morgan fingerprint density at radius 2 is 1.89 bits per heavy atom. The number of rotatable bonds is 9. The third-order valence-electron chi connectivity index (χ3n) is 4.30. The lowest BCUT2D eigenvalue weighted by molar-refractivity contribution is 0.447. The third-order valence-corrected chi connectivity index (χ3v) is 9.04. The molecule has 28 heavy (non-hydrogen) atoms. The molecule has 2 heterocycles. The standard InChI is InChI=1S/C18H29N5O2S3/c1-6-23(7-2)28(24,25)17-9-8-15(27-17)10-11-20-18(19-5)21-12-16-22-13(3)14(4)26-16/h8-9H,6-7,10-12H2,1-5H3,(H2,19,20,21). The molecule has 0 aromatic carbocycles. The molecule has 0 bridgehead atoms. The number of hydrogen-bond acceptors (Lipinski definition) is 6. The Kier molecular flexibility index (Phi) is 8.41. The number of nitrogens with one attached hydrogen (secondary N) is 2. The Morgan fingerprint density at radius 3 is 2.46 bits per heavy atom. The first-order valence-corrected chi connectivity index (χ1v) is 12.3. The Hall–Kier alpha value is -1.49. The van der Waals surface area contributed by atoms with Crippen molar-refractivity contribution in [3.8, 4) is 0 Å². The molecular weight excluding hydrogens is 414 g/mol. The van der Waals surface area contributed by atoms with E-state index in [1.807, 2.05) is 26.8 Å². The van der Waals surface area contributed by atoms with E-state index in [1.165, 1.54) is 20.5 Å². The van der Waals surface area contributed by atoms with E-state index in [0.29, 0.717) is 36.3 Å². The number of aromatic nitrogens is 1. The zero-order valence-electron chi connectivity index (χ0n) is 17.1. The lowest BCUT2D eigenvalue weighted by Crippen LogP contribution is -2.37. The quantitative estimate of drug-likeness (QED) is 0.460. The normalized spacial score (nSPS) is 12.6. The molecule has 156 valence electrons. The Labute approximate surface area is 176 Å². The summed E-state index contributed by atoms with van der Waals surface area (Å²) < 4.78 is 27.0. The summed E-state index contributed by atoms with van der Waals surface area (Å²) in [6, 6.07) is 3.59. The average molecular weight is 444 g/mol. The first kappa shape index (κ1) is 22.8. The molecule has 0 aliphatic carbocycles. The molecule has 2 rings (SSSR count). The lowest BCUT2D eigenvalue weighted by atomic mass is 10.3. The molecule has 0 saturated heterocycles. The van der Waals surface area contributed by atoms with Crippen molar-refractivity contribution in [3.05, 3.63) is 32.6 Å². The summed E-state index contributed by atoms with van der Waals surface area (Å²) in [5.74, 6) is 0.707. The van der Waals surface area contributed by atoms with Gasteiger partial charge in [0.15, 0.2) is 5.96 Å². The van der Waals surface area contributed by atoms with Gasteiger partial charge in [-0.1, -0.05) is 13.8 Å². The van der Waals surface area contributed by atoms with Crippen LogP contribution in [0.2, 0.25) is 0 Å². The highest BCUT2D eigenvalue weighted by atomic mass is 32.2. The molecule has 7 nitrogen and oxygen atoms in total. The number of thiophene rings is 1. The Bertz CT molecular complexity index is 879. The number of aryl methyl sites for hydroxylation is 2. The molecule has 0 unspecified atom stereocenters. The van der Waals surface area contributed by atoms with Crippen LogP contribution in [0.1, 0.15) is 34.3 Å². The van der Waals surface area contributed by atoms with E-state index in [0.717, 1.165) is 22.0 Å². The fourth-order valence-corrected chi connectivity index (χ4v) is 6.46. The van der Waals surface area contributed by atoms with Gasteiger partial charge in [0.1, 0.15) is 9.22 Å². The van der Waals surface area contributed by atoms with Crippen molar-refractivity contribution in [1.29, 1.82) is 0 Å². The van der Waals surface area contributed by atoms with E-state index in [2.05, 4.69) is 27.5 Å². The first-order valence-electron chi connectivity index (χ1n) is 9.28. The van der Waals surface area contributed by atoms with E-state index < -0.39 is 10.0 Å². The summed E-state index contributed by atoms with van der Waals surface area (Å²) in [6.07, 6.45) is 0.731. The van der Waals surface area contributed by atoms with E-state index in [4.69, 9.17) is 0 Å². The predicted molar refractivity (Wildman–Crippen MR) is 118 cm³/mol. The van der Waals surface area contributed by atoms with Crippen LogP contribution < -0.4 is 10.6 Å². The molecule has 2 aromatic heterocycles. The van der Waals surface area contributed by atoms with E-state index in [1.54, 1.807) is 24.5 Å². The SMILES string of the molecule is CCN(CC)S(=O)(=O)c1ccc(CCNC(=NC)NCc2nc(C)c(C)s2)s1. The van der Waals surface area contributed by atoms with Crippen LogP contribution in [-0.2, 0) is 23.0 Å². The fourth-order valence-electron chi connectivity index (χ4n) is 2.62. The second-order valence-electron chi connectivity index (χ2n) is 6.16.